The molecule has 0 aromatic carbocycles. The van der Waals surface area contributed by atoms with Gasteiger partial charge in [-0.05, 0) is 88.0 Å². The largest absolute Gasteiger partial charge is 0.385 e. The van der Waals surface area contributed by atoms with Gasteiger partial charge in [-0.3, -0.25) is 0 Å². The standard InChI is InChI=1S/C17H31NO/c1-18-16(4-3-5-19-2)12-17-9-13-6-14(10-17)8-15(7-13)11-17/h13-16,18H,3-12H2,1-2H3. The van der Waals surface area contributed by atoms with Crippen molar-refractivity contribution in [1.29, 1.82) is 0 Å². The maximum atomic E-state index is 5.20. The van der Waals surface area contributed by atoms with Crippen LogP contribution in [0.15, 0.2) is 0 Å². The molecular formula is C17H31NO. The Hall–Kier alpha value is -0.0800. The van der Waals surface area contributed by atoms with Crippen LogP contribution in [0.4, 0.5) is 0 Å². The molecular weight excluding hydrogens is 234 g/mol. The Morgan fingerprint density at radius 2 is 1.68 bits per heavy atom. The van der Waals surface area contributed by atoms with Gasteiger partial charge in [0, 0.05) is 19.8 Å². The van der Waals surface area contributed by atoms with Crippen LogP contribution in [0, 0.1) is 23.2 Å². The van der Waals surface area contributed by atoms with Gasteiger partial charge in [0.1, 0.15) is 0 Å². The van der Waals surface area contributed by atoms with Crippen molar-refractivity contribution in [3.05, 3.63) is 0 Å². The fourth-order valence-electron chi connectivity index (χ4n) is 5.89. The highest BCUT2D eigenvalue weighted by atomic mass is 16.5. The minimum absolute atomic E-state index is 0.714. The molecule has 1 unspecified atom stereocenters. The number of methoxy groups -OCH3 is 1. The van der Waals surface area contributed by atoms with E-state index in [1.807, 2.05) is 7.11 Å². The second kappa shape index (κ2) is 5.73. The van der Waals surface area contributed by atoms with Crippen molar-refractivity contribution in [3.63, 3.8) is 0 Å². The molecule has 4 rings (SSSR count). The van der Waals surface area contributed by atoms with Gasteiger partial charge < -0.3 is 10.1 Å². The maximum absolute atomic E-state index is 5.20. The van der Waals surface area contributed by atoms with Crippen LogP contribution >= 0.6 is 0 Å². The highest BCUT2D eigenvalue weighted by Gasteiger charge is 2.51. The molecule has 0 aromatic heterocycles. The third-order valence-corrected chi connectivity index (χ3v) is 6.15. The van der Waals surface area contributed by atoms with Gasteiger partial charge in [0.15, 0.2) is 0 Å². The summed E-state index contributed by atoms with van der Waals surface area (Å²) in [6.45, 7) is 0.916. The summed E-state index contributed by atoms with van der Waals surface area (Å²) in [7, 11) is 3.96. The molecule has 0 radical (unpaired) electrons. The summed E-state index contributed by atoms with van der Waals surface area (Å²) < 4.78 is 5.20. The Morgan fingerprint density at radius 3 is 2.16 bits per heavy atom. The summed E-state index contributed by atoms with van der Waals surface area (Å²) in [5.74, 6) is 3.26. The smallest absolute Gasteiger partial charge is 0.0462 e. The first kappa shape index (κ1) is 13.9. The lowest BCUT2D eigenvalue weighted by Gasteiger charge is -2.57. The highest BCUT2D eigenvalue weighted by Crippen LogP contribution is 2.61. The van der Waals surface area contributed by atoms with Crippen LogP contribution in [0.2, 0.25) is 0 Å². The predicted octanol–water partition coefficient (Wildman–Crippen LogP) is 3.61. The van der Waals surface area contributed by atoms with E-state index in [4.69, 9.17) is 4.74 Å². The maximum Gasteiger partial charge on any atom is 0.0462 e. The van der Waals surface area contributed by atoms with E-state index >= 15 is 0 Å². The minimum atomic E-state index is 0.714. The number of ether oxygens (including phenoxy) is 1. The Labute approximate surface area is 118 Å². The first-order valence-electron chi connectivity index (χ1n) is 8.39. The first-order chi connectivity index (χ1) is 9.23. The van der Waals surface area contributed by atoms with Gasteiger partial charge in [0.2, 0.25) is 0 Å². The van der Waals surface area contributed by atoms with Crippen molar-refractivity contribution >= 4 is 0 Å². The molecule has 4 aliphatic carbocycles. The Bertz CT molecular complexity index is 266. The zero-order chi connectivity index (χ0) is 13.3. The summed E-state index contributed by atoms with van der Waals surface area (Å²) in [5, 5.41) is 3.58. The van der Waals surface area contributed by atoms with E-state index in [2.05, 4.69) is 12.4 Å². The minimum Gasteiger partial charge on any atom is -0.385 e. The van der Waals surface area contributed by atoms with Gasteiger partial charge >= 0.3 is 0 Å². The quantitative estimate of drug-likeness (QED) is 0.710. The average molecular weight is 265 g/mol. The molecule has 4 bridgehead atoms. The zero-order valence-electron chi connectivity index (χ0n) is 12.8. The van der Waals surface area contributed by atoms with Gasteiger partial charge in [-0.25, -0.2) is 0 Å². The molecule has 0 heterocycles. The van der Waals surface area contributed by atoms with Gasteiger partial charge in [-0.2, -0.15) is 0 Å². The Balaban J connectivity index is 1.58. The number of hydrogen-bond acceptors (Lipinski definition) is 2. The molecule has 4 fully saturated rings. The van der Waals surface area contributed by atoms with E-state index < -0.39 is 0 Å². The number of rotatable bonds is 7. The average Bonchev–Trinajstić information content (AvgIpc) is 2.36. The highest BCUT2D eigenvalue weighted by molar-refractivity contribution is 5.02. The lowest BCUT2D eigenvalue weighted by Crippen LogP contribution is -2.48. The summed E-state index contributed by atoms with van der Waals surface area (Å²) >= 11 is 0. The van der Waals surface area contributed by atoms with Crippen molar-refractivity contribution in [2.24, 2.45) is 23.2 Å². The molecule has 0 spiro atoms. The van der Waals surface area contributed by atoms with Crippen LogP contribution in [0.25, 0.3) is 0 Å². The monoisotopic (exact) mass is 265 g/mol. The van der Waals surface area contributed by atoms with E-state index in [1.54, 1.807) is 38.5 Å². The van der Waals surface area contributed by atoms with Crippen LogP contribution in [0.5, 0.6) is 0 Å². The second-order valence-corrected chi connectivity index (χ2v) is 7.74. The molecule has 4 saturated carbocycles. The summed E-state index contributed by atoms with van der Waals surface area (Å²) in [6.07, 6.45) is 13.2. The van der Waals surface area contributed by atoms with Crippen LogP contribution in [-0.2, 0) is 4.74 Å². The van der Waals surface area contributed by atoms with Crippen molar-refractivity contribution in [1.82, 2.24) is 5.32 Å². The van der Waals surface area contributed by atoms with Gasteiger partial charge in [-0.1, -0.05) is 0 Å². The van der Waals surface area contributed by atoms with E-state index in [-0.39, 0.29) is 0 Å². The Kier molecular flexibility index (Phi) is 4.19. The molecule has 19 heavy (non-hydrogen) atoms. The Morgan fingerprint density at radius 1 is 1.11 bits per heavy atom. The number of hydrogen-bond donors (Lipinski definition) is 1. The van der Waals surface area contributed by atoms with Crippen molar-refractivity contribution < 1.29 is 4.74 Å². The lowest BCUT2D eigenvalue weighted by molar-refractivity contribution is -0.0622. The van der Waals surface area contributed by atoms with Crippen LogP contribution < -0.4 is 5.32 Å². The molecule has 0 saturated heterocycles. The van der Waals surface area contributed by atoms with Gasteiger partial charge in [0.05, 0.1) is 0 Å². The van der Waals surface area contributed by atoms with Gasteiger partial charge in [-0.15, -0.1) is 0 Å². The topological polar surface area (TPSA) is 21.3 Å². The lowest BCUT2D eigenvalue weighted by atomic mass is 9.48. The molecule has 0 aromatic rings. The summed E-state index contributed by atoms with van der Waals surface area (Å²) in [6, 6.07) is 0.714. The third kappa shape index (κ3) is 3.00. The molecule has 0 amide bonds. The second-order valence-electron chi connectivity index (χ2n) is 7.74. The van der Waals surface area contributed by atoms with E-state index in [1.165, 1.54) is 19.3 Å². The normalized spacial score (nSPS) is 41.7. The van der Waals surface area contributed by atoms with Crippen molar-refractivity contribution in [2.45, 2.75) is 63.8 Å². The van der Waals surface area contributed by atoms with Crippen LogP contribution in [0.1, 0.15) is 57.8 Å². The van der Waals surface area contributed by atoms with E-state index in [9.17, 15) is 0 Å². The molecule has 1 atom stereocenters. The fraction of sp³-hybridized carbons (Fsp3) is 1.00. The molecule has 0 aliphatic heterocycles. The van der Waals surface area contributed by atoms with Gasteiger partial charge in [0.25, 0.3) is 0 Å². The van der Waals surface area contributed by atoms with Crippen LogP contribution in [0.3, 0.4) is 0 Å². The fourth-order valence-corrected chi connectivity index (χ4v) is 5.89. The molecule has 1 N–H and O–H groups in total. The van der Waals surface area contributed by atoms with E-state index in [0.29, 0.717) is 6.04 Å². The zero-order valence-corrected chi connectivity index (χ0v) is 12.8. The van der Waals surface area contributed by atoms with E-state index in [0.717, 1.165) is 29.8 Å². The molecule has 4 aliphatic rings. The molecule has 2 nitrogen and oxygen atoms in total. The number of nitrogens with one attached hydrogen (secondary N) is 1. The predicted molar refractivity (Wildman–Crippen MR) is 79.2 cm³/mol. The third-order valence-electron chi connectivity index (χ3n) is 6.15. The first-order valence-corrected chi connectivity index (χ1v) is 8.39. The summed E-state index contributed by atoms with van der Waals surface area (Å²) in [5.41, 5.74) is 0.718. The SMILES string of the molecule is CNC(CCCOC)CC12CC3CC(CC(C3)C1)C2. The van der Waals surface area contributed by atoms with Crippen LogP contribution in [-0.4, -0.2) is 26.8 Å². The molecule has 110 valence electrons. The molecule has 2 heteroatoms. The van der Waals surface area contributed by atoms with Crippen molar-refractivity contribution in [2.75, 3.05) is 20.8 Å². The van der Waals surface area contributed by atoms with Crippen molar-refractivity contribution in [3.8, 4) is 0 Å². The summed E-state index contributed by atoms with van der Waals surface area (Å²) in [4.78, 5) is 0.